The predicted molar refractivity (Wildman–Crippen MR) is 35.5 cm³/mol. The molecule has 0 spiro atoms. The topological polar surface area (TPSA) is 0 Å². The van der Waals surface area contributed by atoms with Crippen molar-refractivity contribution in [1.29, 1.82) is 0 Å². The van der Waals surface area contributed by atoms with Gasteiger partial charge in [-0.3, -0.25) is 0 Å². The fourth-order valence-electron chi connectivity index (χ4n) is 0.595. The number of rotatable bonds is 0. The second kappa shape index (κ2) is 1.89. The van der Waals surface area contributed by atoms with Crippen molar-refractivity contribution in [3.05, 3.63) is 22.0 Å². The number of hydrogen-bond donors (Lipinski definition) is 0. The molecule has 2 heterocycles. The van der Waals surface area contributed by atoms with E-state index in [2.05, 4.69) is 22.0 Å². The van der Waals surface area contributed by atoms with Crippen molar-refractivity contribution in [1.82, 2.24) is 0 Å². The fourth-order valence-corrected chi connectivity index (χ4v) is 4.70. The van der Waals surface area contributed by atoms with Gasteiger partial charge in [-0.05, 0) is 0 Å². The molecular weight excluding hydrogens is 230 g/mol. The molecule has 0 atom stereocenters. The Hall–Kier alpha value is 0.259. The second-order valence-electron chi connectivity index (χ2n) is 1.46. The summed E-state index contributed by atoms with van der Waals surface area (Å²) < 4.78 is 3.02. The van der Waals surface area contributed by atoms with E-state index in [1.54, 1.807) is 0 Å². The van der Waals surface area contributed by atoms with Crippen LogP contribution in [0, 0.1) is 9.88 Å². The number of hydrogen-bond acceptors (Lipinski definition) is 0. The molecule has 0 aliphatic heterocycles. The third-order valence-corrected chi connectivity index (χ3v) is 4.94. The summed E-state index contributed by atoms with van der Waals surface area (Å²) in [4.78, 5) is 6.46. The van der Waals surface area contributed by atoms with Crippen LogP contribution < -0.4 is 0 Å². The standard InChI is InChI=1S/C6H2Se2/c1-3-7-6-2-4-8-5(1)6/h1-2H. The molecule has 0 aromatic carbocycles. The summed E-state index contributed by atoms with van der Waals surface area (Å²) in [6.45, 7) is 0. The zero-order valence-corrected chi connectivity index (χ0v) is 7.40. The molecule has 2 aromatic rings. The van der Waals surface area contributed by atoms with E-state index in [4.69, 9.17) is 0 Å². The Morgan fingerprint density at radius 3 is 2.00 bits per heavy atom. The molecule has 2 aromatic heterocycles. The van der Waals surface area contributed by atoms with Gasteiger partial charge in [0.15, 0.2) is 0 Å². The van der Waals surface area contributed by atoms with Crippen molar-refractivity contribution in [2.24, 2.45) is 0 Å². The molecule has 2 heteroatoms. The molecule has 0 saturated heterocycles. The Morgan fingerprint density at radius 2 is 1.50 bits per heavy atom. The predicted octanol–water partition coefficient (Wildman–Crippen LogP) is 0.554. The van der Waals surface area contributed by atoms with Gasteiger partial charge < -0.3 is 0 Å². The van der Waals surface area contributed by atoms with Crippen LogP contribution in [0.3, 0.4) is 0 Å². The molecule has 2 rings (SSSR count). The maximum absolute atomic E-state index is 3.23. The minimum atomic E-state index is 0.542. The summed E-state index contributed by atoms with van der Waals surface area (Å²) >= 11 is 1.08. The van der Waals surface area contributed by atoms with Gasteiger partial charge in [0, 0.05) is 0 Å². The van der Waals surface area contributed by atoms with Crippen LogP contribution in [0.1, 0.15) is 0 Å². The average molecular weight is 232 g/mol. The van der Waals surface area contributed by atoms with E-state index < -0.39 is 0 Å². The average Bonchev–Trinajstić information content (AvgIpc) is 2.15. The van der Waals surface area contributed by atoms with E-state index in [-0.39, 0.29) is 0 Å². The first-order chi connectivity index (χ1) is 3.97. The van der Waals surface area contributed by atoms with Gasteiger partial charge in [-0.2, -0.15) is 0 Å². The first-order valence-electron chi connectivity index (χ1n) is 2.22. The van der Waals surface area contributed by atoms with Gasteiger partial charge in [0.25, 0.3) is 0 Å². The van der Waals surface area contributed by atoms with Crippen molar-refractivity contribution in [2.45, 2.75) is 0 Å². The third-order valence-electron chi connectivity index (χ3n) is 0.961. The Bertz CT molecular complexity index is 228. The summed E-state index contributed by atoms with van der Waals surface area (Å²) in [7, 11) is 0. The van der Waals surface area contributed by atoms with Gasteiger partial charge in [-0.25, -0.2) is 0 Å². The maximum atomic E-state index is 3.23. The van der Waals surface area contributed by atoms with E-state index in [1.165, 1.54) is 8.52 Å². The van der Waals surface area contributed by atoms with Crippen LogP contribution in [0.25, 0.3) is 8.52 Å². The molecule has 0 saturated carbocycles. The van der Waals surface area contributed by atoms with Crippen LogP contribution >= 0.6 is 0 Å². The van der Waals surface area contributed by atoms with Crippen LogP contribution in [0.2, 0.25) is 0 Å². The first-order valence-corrected chi connectivity index (χ1v) is 5.65. The summed E-state index contributed by atoms with van der Waals surface area (Å²) in [5.74, 6) is 0. The van der Waals surface area contributed by atoms with E-state index in [1.807, 2.05) is 0 Å². The molecule has 38 valence electrons. The van der Waals surface area contributed by atoms with Crippen LogP contribution in [0.15, 0.2) is 12.1 Å². The Kier molecular flexibility index (Phi) is 1.20. The monoisotopic (exact) mass is 234 g/mol. The van der Waals surface area contributed by atoms with E-state index in [0.29, 0.717) is 29.0 Å². The summed E-state index contributed by atoms with van der Waals surface area (Å²) in [6, 6.07) is 4.26. The Labute approximate surface area is 59.6 Å². The molecule has 0 N–H and O–H groups in total. The SMILES string of the molecule is [c]1cc2[se][c]cc2[se]1. The van der Waals surface area contributed by atoms with E-state index >= 15 is 0 Å². The normalized spacial score (nSPS) is 10.5. The van der Waals surface area contributed by atoms with Gasteiger partial charge in [-0.15, -0.1) is 0 Å². The molecule has 0 unspecified atom stereocenters. The van der Waals surface area contributed by atoms with Crippen molar-refractivity contribution in [2.75, 3.05) is 0 Å². The summed E-state index contributed by atoms with van der Waals surface area (Å²) in [5.41, 5.74) is 0. The van der Waals surface area contributed by atoms with Crippen LogP contribution in [0.4, 0.5) is 0 Å². The molecule has 0 nitrogen and oxygen atoms in total. The molecule has 0 aliphatic carbocycles. The molecule has 0 bridgehead atoms. The van der Waals surface area contributed by atoms with E-state index in [9.17, 15) is 0 Å². The molecule has 0 amide bonds. The second-order valence-corrected chi connectivity index (χ2v) is 5.15. The third kappa shape index (κ3) is 0.655. The van der Waals surface area contributed by atoms with E-state index in [0.717, 1.165) is 0 Å². The van der Waals surface area contributed by atoms with Gasteiger partial charge in [0.05, 0.1) is 0 Å². The minimum absolute atomic E-state index is 0.542. The van der Waals surface area contributed by atoms with Crippen molar-refractivity contribution in [3.63, 3.8) is 0 Å². The molecule has 2 radical (unpaired) electrons. The zero-order chi connectivity index (χ0) is 5.40. The zero-order valence-electron chi connectivity index (χ0n) is 3.97. The quantitative estimate of drug-likeness (QED) is 0.582. The first kappa shape index (κ1) is 5.08. The van der Waals surface area contributed by atoms with Gasteiger partial charge >= 0.3 is 59.5 Å². The Morgan fingerprint density at radius 1 is 1.00 bits per heavy atom. The van der Waals surface area contributed by atoms with Crippen LogP contribution in [-0.2, 0) is 0 Å². The van der Waals surface area contributed by atoms with Crippen molar-refractivity contribution >= 4 is 37.5 Å². The fraction of sp³-hybridized carbons (Fsp3) is 0. The van der Waals surface area contributed by atoms with Crippen molar-refractivity contribution in [3.8, 4) is 0 Å². The molecule has 0 fully saturated rings. The summed E-state index contributed by atoms with van der Waals surface area (Å²) in [6.07, 6.45) is 0. The van der Waals surface area contributed by atoms with Gasteiger partial charge in [0.1, 0.15) is 0 Å². The number of fused-ring (bicyclic) bond motifs is 1. The van der Waals surface area contributed by atoms with Crippen LogP contribution in [0.5, 0.6) is 0 Å². The van der Waals surface area contributed by atoms with Crippen LogP contribution in [-0.4, -0.2) is 29.0 Å². The van der Waals surface area contributed by atoms with Gasteiger partial charge in [-0.1, -0.05) is 0 Å². The van der Waals surface area contributed by atoms with Gasteiger partial charge in [0.2, 0.25) is 0 Å². The molecule has 8 heavy (non-hydrogen) atoms. The molecule has 0 aliphatic rings. The Balaban J connectivity index is 3.06. The summed E-state index contributed by atoms with van der Waals surface area (Å²) in [5, 5.41) is 0. The molecular formula is C6H2Se2. The van der Waals surface area contributed by atoms with Crippen molar-refractivity contribution < 1.29 is 0 Å².